The highest BCUT2D eigenvalue weighted by Gasteiger charge is 2.26. The number of amides is 1. The molecule has 5 rings (SSSR count). The van der Waals surface area contributed by atoms with Gasteiger partial charge in [0.1, 0.15) is 29.7 Å². The van der Waals surface area contributed by atoms with Gasteiger partial charge in [-0.15, -0.1) is 21.5 Å². The van der Waals surface area contributed by atoms with Crippen molar-refractivity contribution in [3.63, 3.8) is 0 Å². The molecular weight excluding hydrogens is 626 g/mol. The van der Waals surface area contributed by atoms with Gasteiger partial charge < -0.3 is 14.8 Å². The van der Waals surface area contributed by atoms with Gasteiger partial charge in [0.25, 0.3) is 0 Å². The Bertz CT molecular complexity index is 1440. The number of aryl methyl sites for hydroxylation is 2. The first-order valence-electron chi connectivity index (χ1n) is 13.3. The van der Waals surface area contributed by atoms with Crippen molar-refractivity contribution in [2.75, 3.05) is 30.5 Å². The van der Waals surface area contributed by atoms with E-state index < -0.39 is 0 Å². The van der Waals surface area contributed by atoms with Crippen molar-refractivity contribution in [2.45, 2.75) is 41.2 Å². The minimum Gasteiger partial charge on any atom is -0.491 e. The minimum atomic E-state index is 0.521. The molecule has 0 saturated carbocycles. The minimum absolute atomic E-state index is 0.521. The average molecular weight is 661 g/mol. The monoisotopic (exact) mass is 659 g/mol. The maximum atomic E-state index is 10.2. The molecule has 0 radical (unpaired) electrons. The van der Waals surface area contributed by atoms with Gasteiger partial charge in [-0.25, -0.2) is 0 Å². The lowest BCUT2D eigenvalue weighted by molar-refractivity contribution is -0.105. The number of aromatic nitrogens is 3. The van der Waals surface area contributed by atoms with Crippen molar-refractivity contribution < 1.29 is 14.3 Å². The van der Waals surface area contributed by atoms with Gasteiger partial charge in [0.2, 0.25) is 6.41 Å². The topological polar surface area (TPSA) is 90.6 Å². The van der Waals surface area contributed by atoms with Gasteiger partial charge in [0.15, 0.2) is 5.82 Å². The van der Waals surface area contributed by atoms with Gasteiger partial charge in [0, 0.05) is 32.0 Å². The summed E-state index contributed by atoms with van der Waals surface area (Å²) >= 11 is 11.1. The molecule has 4 aromatic rings. The molecule has 1 N–H and O–H groups in total. The normalized spacial score (nSPS) is 11.4. The van der Waals surface area contributed by atoms with Crippen LogP contribution in [0.2, 0.25) is 5.02 Å². The first kappa shape index (κ1) is 32.5. The van der Waals surface area contributed by atoms with Crippen LogP contribution in [0.25, 0.3) is 5.00 Å². The molecule has 0 bridgehead atoms. The number of nitrogens with one attached hydrogen (secondary N) is 1. The smallest absolute Gasteiger partial charge is 0.211 e. The molecule has 0 saturated heterocycles. The number of rotatable bonds is 9. The van der Waals surface area contributed by atoms with Crippen LogP contribution in [-0.2, 0) is 16.1 Å². The van der Waals surface area contributed by atoms with Crippen LogP contribution in [0.4, 0.5) is 5.69 Å². The van der Waals surface area contributed by atoms with E-state index >= 15 is 0 Å². The van der Waals surface area contributed by atoms with Gasteiger partial charge in [0.05, 0.1) is 18.9 Å². The quantitative estimate of drug-likeness (QED) is 0.115. The largest absolute Gasteiger partial charge is 0.491 e. The van der Waals surface area contributed by atoms with E-state index in [2.05, 4.69) is 49.9 Å². The second-order valence-corrected chi connectivity index (χ2v) is 11.0. The van der Waals surface area contributed by atoms with Gasteiger partial charge >= 0.3 is 0 Å². The summed E-state index contributed by atoms with van der Waals surface area (Å²) in [5.41, 5.74) is 5.27. The molecule has 0 fully saturated rings. The molecule has 1 aliphatic heterocycles. The standard InChI is InChI=1S/C17H15ClN4S.C11H14BrNO3.C2H6/c1-9-10(2)23-17-15(9)16(12-4-6-13(18)7-5-12)19-8-14-21-20-11(3)22(14)17;12-5-6-15-7-8-16-11-3-1-10(2-4-11)13-9-14;1-2/h4-7H,8H2,1-3H3;1-4,9H,5-8H2,(H,13,14);1-2H3. The number of anilines is 1. The van der Waals surface area contributed by atoms with Crippen LogP contribution in [0.5, 0.6) is 5.75 Å². The van der Waals surface area contributed by atoms with E-state index in [1.165, 1.54) is 16.0 Å². The third kappa shape index (κ3) is 8.48. The molecule has 11 heteroatoms. The maximum absolute atomic E-state index is 10.2. The Balaban J connectivity index is 0.000000227. The molecule has 0 spiro atoms. The van der Waals surface area contributed by atoms with Gasteiger partial charge in [-0.3, -0.25) is 14.4 Å². The third-order valence-corrected chi connectivity index (χ3v) is 7.76. The van der Waals surface area contributed by atoms with Gasteiger partial charge in [-0.1, -0.05) is 53.5 Å². The third-order valence-electron chi connectivity index (χ3n) is 5.99. The zero-order chi connectivity index (χ0) is 29.8. The van der Waals surface area contributed by atoms with Crippen LogP contribution in [0, 0.1) is 20.8 Å². The molecule has 3 heterocycles. The van der Waals surface area contributed by atoms with Gasteiger partial charge in [-0.2, -0.15) is 0 Å². The SMILES string of the molecule is CC.Cc1sc2c(c1C)C(c1ccc(Cl)cc1)=NCc1nnc(C)n1-2.O=CNc1ccc(OCCOCCBr)cc1. The molecular formula is C30H35BrClN5O3S. The van der Waals surface area contributed by atoms with E-state index in [0.717, 1.165) is 49.7 Å². The number of hydrogen-bond acceptors (Lipinski definition) is 7. The Morgan fingerprint density at radius 1 is 1.02 bits per heavy atom. The summed E-state index contributed by atoms with van der Waals surface area (Å²) in [5.74, 6) is 2.54. The van der Waals surface area contributed by atoms with Crippen molar-refractivity contribution >= 4 is 56.7 Å². The van der Waals surface area contributed by atoms with Crippen LogP contribution < -0.4 is 10.1 Å². The first-order chi connectivity index (χ1) is 19.9. The zero-order valence-electron chi connectivity index (χ0n) is 23.9. The van der Waals surface area contributed by atoms with Crippen molar-refractivity contribution in [1.82, 2.24) is 14.8 Å². The molecule has 0 atom stereocenters. The Morgan fingerprint density at radius 3 is 2.39 bits per heavy atom. The Kier molecular flexibility index (Phi) is 13.0. The highest BCUT2D eigenvalue weighted by Crippen LogP contribution is 2.36. The van der Waals surface area contributed by atoms with Gasteiger partial charge in [-0.05, 0) is 62.7 Å². The number of halogens is 2. The molecule has 1 aliphatic rings. The lowest BCUT2D eigenvalue weighted by Crippen LogP contribution is -2.07. The second-order valence-electron chi connectivity index (χ2n) is 8.57. The molecule has 0 unspecified atom stereocenters. The average Bonchev–Trinajstić information content (AvgIpc) is 3.44. The van der Waals surface area contributed by atoms with E-state index in [1.54, 1.807) is 35.6 Å². The van der Waals surface area contributed by atoms with Crippen molar-refractivity contribution in [2.24, 2.45) is 4.99 Å². The number of nitrogens with zero attached hydrogens (tertiary/aromatic N) is 4. The number of carbonyl (C=O) groups is 1. The summed E-state index contributed by atoms with van der Waals surface area (Å²) in [6.45, 7) is 12.6. The second kappa shape index (κ2) is 16.4. The predicted octanol–water partition coefficient (Wildman–Crippen LogP) is 7.33. The molecule has 41 heavy (non-hydrogen) atoms. The number of aliphatic imine (C=N–C) groups is 1. The fourth-order valence-electron chi connectivity index (χ4n) is 3.98. The number of benzene rings is 2. The Labute approximate surface area is 258 Å². The number of ether oxygens (including phenoxy) is 2. The number of thiophene rings is 1. The maximum Gasteiger partial charge on any atom is 0.211 e. The summed E-state index contributed by atoms with van der Waals surface area (Å²) in [5, 5.41) is 13.8. The van der Waals surface area contributed by atoms with E-state index in [0.29, 0.717) is 32.8 Å². The van der Waals surface area contributed by atoms with Crippen LogP contribution in [0.3, 0.4) is 0 Å². The number of fused-ring (bicyclic) bond motifs is 3. The highest BCUT2D eigenvalue weighted by molar-refractivity contribution is 9.09. The molecule has 218 valence electrons. The Morgan fingerprint density at radius 2 is 1.73 bits per heavy atom. The summed E-state index contributed by atoms with van der Waals surface area (Å²) in [6.07, 6.45) is 0.643. The predicted molar refractivity (Wildman–Crippen MR) is 172 cm³/mol. The lowest BCUT2D eigenvalue weighted by Gasteiger charge is -2.09. The molecule has 2 aromatic heterocycles. The number of carbonyl (C=O) groups excluding carboxylic acids is 1. The highest BCUT2D eigenvalue weighted by atomic mass is 79.9. The van der Waals surface area contributed by atoms with E-state index in [-0.39, 0.29) is 0 Å². The summed E-state index contributed by atoms with van der Waals surface area (Å²) in [4.78, 5) is 16.3. The summed E-state index contributed by atoms with van der Waals surface area (Å²) < 4.78 is 12.8. The lowest BCUT2D eigenvalue weighted by atomic mass is 10.00. The molecule has 1 amide bonds. The van der Waals surface area contributed by atoms with Crippen LogP contribution in [-0.4, -0.2) is 52.0 Å². The van der Waals surface area contributed by atoms with Crippen LogP contribution >= 0.6 is 38.9 Å². The van der Waals surface area contributed by atoms with Crippen molar-refractivity contribution in [1.29, 1.82) is 0 Å². The van der Waals surface area contributed by atoms with Crippen molar-refractivity contribution in [3.8, 4) is 10.8 Å². The Hall–Kier alpha value is -3.05. The van der Waals surface area contributed by atoms with Crippen molar-refractivity contribution in [3.05, 3.63) is 86.8 Å². The summed E-state index contributed by atoms with van der Waals surface area (Å²) in [7, 11) is 0. The van der Waals surface area contributed by atoms with Crippen LogP contribution in [0.15, 0.2) is 53.5 Å². The fourth-order valence-corrected chi connectivity index (χ4v) is 5.56. The first-order valence-corrected chi connectivity index (χ1v) is 15.6. The van der Waals surface area contributed by atoms with E-state index in [9.17, 15) is 4.79 Å². The molecule has 8 nitrogen and oxygen atoms in total. The fraction of sp³-hybridized carbons (Fsp3) is 0.333. The molecule has 2 aromatic carbocycles. The van der Waals surface area contributed by atoms with Crippen LogP contribution in [0.1, 0.15) is 47.1 Å². The van der Waals surface area contributed by atoms with E-state index in [4.69, 9.17) is 26.1 Å². The van der Waals surface area contributed by atoms with E-state index in [1.807, 2.05) is 45.0 Å². The number of hydrogen-bond donors (Lipinski definition) is 1. The summed E-state index contributed by atoms with van der Waals surface area (Å²) in [6, 6.07) is 15.0. The zero-order valence-corrected chi connectivity index (χ0v) is 27.1. The number of alkyl halides is 1. The molecule has 0 aliphatic carbocycles.